The molecule has 6 heterocycles. The summed E-state index contributed by atoms with van der Waals surface area (Å²) in [4.78, 5) is 65.2. The lowest BCUT2D eigenvalue weighted by Gasteiger charge is -2.36. The summed E-state index contributed by atoms with van der Waals surface area (Å²) in [5, 5.41) is 26.7. The van der Waals surface area contributed by atoms with Crippen LogP contribution in [-0.2, 0) is 26.2 Å². The molecule has 380 valence electrons. The first-order chi connectivity index (χ1) is 34.7. The van der Waals surface area contributed by atoms with Gasteiger partial charge in [0.1, 0.15) is 22.8 Å². The van der Waals surface area contributed by atoms with Gasteiger partial charge in [-0.3, -0.25) is 19.4 Å². The van der Waals surface area contributed by atoms with Crippen LogP contribution >= 0.6 is 12.4 Å². The van der Waals surface area contributed by atoms with Crippen molar-refractivity contribution in [1.29, 1.82) is 0 Å². The van der Waals surface area contributed by atoms with Gasteiger partial charge in [-0.05, 0) is 49.2 Å². The van der Waals surface area contributed by atoms with Crippen molar-refractivity contribution in [2.45, 2.75) is 53.9 Å². The van der Waals surface area contributed by atoms with Gasteiger partial charge in [-0.1, -0.05) is 58.8 Å². The summed E-state index contributed by atoms with van der Waals surface area (Å²) in [6.45, 7) is 15.2. The van der Waals surface area contributed by atoms with Crippen LogP contribution in [-0.4, -0.2) is 114 Å². The second-order valence-corrected chi connectivity index (χ2v) is 17.8. The second-order valence-electron chi connectivity index (χ2n) is 17.8. The van der Waals surface area contributed by atoms with Crippen LogP contribution < -0.4 is 20.7 Å². The highest BCUT2D eigenvalue weighted by Gasteiger charge is 2.25. The Balaban J connectivity index is 0.000000192. The lowest BCUT2D eigenvalue weighted by molar-refractivity contribution is 0.0684. The number of anilines is 2. The van der Waals surface area contributed by atoms with Gasteiger partial charge < -0.3 is 38.2 Å². The number of rotatable bonds is 12. The van der Waals surface area contributed by atoms with Crippen LogP contribution in [0.4, 0.5) is 20.2 Å². The number of aromatic nitrogens is 6. The minimum Gasteiger partial charge on any atom is -0.477 e. The van der Waals surface area contributed by atoms with E-state index in [9.17, 15) is 29.4 Å². The third-order valence-electron chi connectivity index (χ3n) is 13.2. The number of carboxylic acid groups (broad SMARTS) is 2. The Hall–Kier alpha value is -7.81. The number of carboxylic acids is 2. The molecule has 2 saturated heterocycles. The number of carbonyl (C=O) groups is 2. The highest BCUT2D eigenvalue weighted by atomic mass is 35.5. The molecule has 2 aliphatic heterocycles. The van der Waals surface area contributed by atoms with Gasteiger partial charge in [-0.2, -0.15) is 9.97 Å². The molecule has 0 atom stereocenters. The zero-order chi connectivity index (χ0) is 50.8. The molecule has 21 heteroatoms. The summed E-state index contributed by atoms with van der Waals surface area (Å²) in [5.74, 6) is -1.49. The first-order valence-corrected chi connectivity index (χ1v) is 23.6. The molecule has 8 aromatic rings. The molecule has 73 heavy (non-hydrogen) atoms. The standard InChI is InChI=1S/2C26H26FN5O4.ClH/c2*1-3-31-15-20(26(34)35)24(33)19-12-21(27)23(13-22(19)31)32-10-8-30(9-11-32)14-17-4-6-18(7-5-17)25-28-16(2)36-29-25;/h2*4-7,12-13,15H,3,8-11,14H2,1-2H3,(H,34,35);1H. The maximum absolute atomic E-state index is 15.1. The molecular weight excluding hydrogens is 966 g/mol. The minimum atomic E-state index is -1.32. The Kier molecular flexibility index (Phi) is 15.5. The fourth-order valence-electron chi connectivity index (χ4n) is 9.27. The zero-order valence-electron chi connectivity index (χ0n) is 40.5. The van der Waals surface area contributed by atoms with E-state index in [1.807, 2.05) is 72.2 Å². The molecule has 0 spiro atoms. The van der Waals surface area contributed by atoms with Gasteiger partial charge in [0.05, 0.1) is 22.4 Å². The molecule has 18 nitrogen and oxygen atoms in total. The number of nitrogens with zero attached hydrogens (tertiary/aromatic N) is 10. The predicted octanol–water partition coefficient (Wildman–Crippen LogP) is 7.50. The molecule has 0 bridgehead atoms. The zero-order valence-corrected chi connectivity index (χ0v) is 41.4. The Morgan fingerprint density at radius 1 is 0.575 bits per heavy atom. The van der Waals surface area contributed by atoms with Crippen molar-refractivity contribution < 1.29 is 37.6 Å². The molecule has 0 aliphatic carbocycles. The van der Waals surface area contributed by atoms with Crippen molar-refractivity contribution in [1.82, 2.24) is 39.2 Å². The van der Waals surface area contributed by atoms with Crippen LogP contribution in [0, 0.1) is 25.5 Å². The summed E-state index contributed by atoms with van der Waals surface area (Å²) in [7, 11) is 0. The van der Waals surface area contributed by atoms with E-state index in [1.54, 1.807) is 35.1 Å². The van der Waals surface area contributed by atoms with E-state index < -0.39 is 34.4 Å². The van der Waals surface area contributed by atoms with E-state index in [-0.39, 0.29) is 34.3 Å². The Labute approximate surface area is 423 Å². The normalized spacial score (nSPS) is 14.3. The number of hydrogen-bond donors (Lipinski definition) is 2. The van der Waals surface area contributed by atoms with Crippen LogP contribution in [0.15, 0.2) is 104 Å². The molecule has 0 unspecified atom stereocenters. The number of benzene rings is 4. The van der Waals surface area contributed by atoms with Crippen molar-refractivity contribution in [2.75, 3.05) is 62.2 Å². The van der Waals surface area contributed by atoms with Gasteiger partial charge in [-0.15, -0.1) is 12.4 Å². The predicted molar refractivity (Wildman–Crippen MR) is 273 cm³/mol. The Morgan fingerprint density at radius 2 is 0.932 bits per heavy atom. The molecule has 4 aromatic carbocycles. The van der Waals surface area contributed by atoms with Gasteiger partial charge in [0.2, 0.25) is 34.3 Å². The molecule has 0 amide bonds. The van der Waals surface area contributed by atoms with Crippen molar-refractivity contribution in [3.63, 3.8) is 0 Å². The van der Waals surface area contributed by atoms with Crippen LogP contribution in [0.1, 0.15) is 57.5 Å². The third-order valence-corrected chi connectivity index (χ3v) is 13.2. The summed E-state index contributed by atoms with van der Waals surface area (Å²) in [6.07, 6.45) is 2.66. The largest absolute Gasteiger partial charge is 0.477 e. The number of halogens is 3. The van der Waals surface area contributed by atoms with E-state index >= 15 is 8.78 Å². The highest BCUT2D eigenvalue weighted by molar-refractivity contribution is 5.94. The smallest absolute Gasteiger partial charge is 0.341 e. The molecule has 2 aliphatic rings. The fraction of sp³-hybridized carbons (Fsp3) is 0.308. The summed E-state index contributed by atoms with van der Waals surface area (Å²) in [5.41, 5.74) is 3.97. The second kappa shape index (κ2) is 21.9. The molecule has 0 saturated carbocycles. The topological polar surface area (TPSA) is 209 Å². The average Bonchev–Trinajstić information content (AvgIpc) is 4.03. The van der Waals surface area contributed by atoms with Gasteiger partial charge in [-0.25, -0.2) is 18.4 Å². The monoisotopic (exact) mass is 1020 g/mol. The van der Waals surface area contributed by atoms with Gasteiger partial charge >= 0.3 is 11.9 Å². The van der Waals surface area contributed by atoms with E-state index in [0.29, 0.717) is 85.1 Å². The van der Waals surface area contributed by atoms with Crippen LogP contribution in [0.2, 0.25) is 0 Å². The van der Waals surface area contributed by atoms with E-state index in [0.717, 1.165) is 61.5 Å². The lowest BCUT2D eigenvalue weighted by atomic mass is 10.1. The molecule has 2 fully saturated rings. The SMILES string of the molecule is CCn1cc(C(=O)O)c(=O)c2cc(F)c(N3CCN(Cc4ccc(-c5noc(C)n5)cc4)CC3)cc21.CCn1cc(C(=O)O)c(=O)c2cc(F)c(N3CCN(Cc4ccc(-c5noc(C)n5)cc4)CC3)cc21.Cl. The van der Waals surface area contributed by atoms with Crippen molar-refractivity contribution >= 4 is 57.5 Å². The molecule has 0 radical (unpaired) electrons. The van der Waals surface area contributed by atoms with Gasteiger partial charge in [0.25, 0.3) is 0 Å². The summed E-state index contributed by atoms with van der Waals surface area (Å²) in [6, 6.07) is 21.8. The Bertz CT molecular complexity index is 3210. The van der Waals surface area contributed by atoms with E-state index in [4.69, 9.17) is 9.05 Å². The Morgan fingerprint density at radius 3 is 1.23 bits per heavy atom. The van der Waals surface area contributed by atoms with Crippen LogP contribution in [0.25, 0.3) is 44.6 Å². The quantitative estimate of drug-likeness (QED) is 0.121. The van der Waals surface area contributed by atoms with E-state index in [1.165, 1.54) is 24.5 Å². The van der Waals surface area contributed by atoms with Gasteiger partial charge in [0, 0.05) is 127 Å². The number of fused-ring (bicyclic) bond motifs is 2. The average molecular weight is 1020 g/mol. The first-order valence-electron chi connectivity index (χ1n) is 23.6. The van der Waals surface area contributed by atoms with Crippen molar-refractivity contribution in [2.24, 2.45) is 0 Å². The van der Waals surface area contributed by atoms with Gasteiger partial charge in [0.15, 0.2) is 0 Å². The number of aryl methyl sites for hydroxylation is 4. The molecule has 10 rings (SSSR count). The number of piperazine rings is 2. The number of pyridine rings is 2. The summed E-state index contributed by atoms with van der Waals surface area (Å²) < 4.78 is 43.7. The number of aromatic carboxylic acids is 2. The molecular formula is C52H53ClF2N10O8. The highest BCUT2D eigenvalue weighted by Crippen LogP contribution is 2.29. The maximum Gasteiger partial charge on any atom is 0.341 e. The lowest BCUT2D eigenvalue weighted by Crippen LogP contribution is -2.46. The van der Waals surface area contributed by atoms with Crippen molar-refractivity contribution in [3.05, 3.63) is 151 Å². The van der Waals surface area contributed by atoms with Crippen LogP contribution in [0.5, 0.6) is 0 Å². The number of hydrogen-bond acceptors (Lipinski definition) is 14. The van der Waals surface area contributed by atoms with E-state index in [2.05, 4.69) is 30.1 Å². The van der Waals surface area contributed by atoms with Crippen LogP contribution in [0.3, 0.4) is 0 Å². The first kappa shape index (κ1) is 51.5. The molecule has 4 aromatic heterocycles. The minimum absolute atomic E-state index is 0. The maximum atomic E-state index is 15.1. The third kappa shape index (κ3) is 11.0. The summed E-state index contributed by atoms with van der Waals surface area (Å²) >= 11 is 0. The molecule has 2 N–H and O–H groups in total. The van der Waals surface area contributed by atoms with Crippen molar-refractivity contribution in [3.8, 4) is 22.8 Å². The fourth-order valence-corrected chi connectivity index (χ4v) is 9.27.